The van der Waals surface area contributed by atoms with Crippen molar-refractivity contribution in [3.8, 4) is 0 Å². The number of benzene rings is 1. The van der Waals surface area contributed by atoms with Gasteiger partial charge < -0.3 is 5.32 Å². The van der Waals surface area contributed by atoms with Gasteiger partial charge in [-0.15, -0.1) is 0 Å². The summed E-state index contributed by atoms with van der Waals surface area (Å²) >= 11 is 0. The van der Waals surface area contributed by atoms with Crippen LogP contribution < -0.4 is 5.32 Å². The molecule has 2 fully saturated rings. The smallest absolute Gasteiger partial charge is 0.0342 e. The van der Waals surface area contributed by atoms with E-state index in [0.29, 0.717) is 6.04 Å². The van der Waals surface area contributed by atoms with Gasteiger partial charge in [0, 0.05) is 11.7 Å². The van der Waals surface area contributed by atoms with Crippen molar-refractivity contribution in [2.75, 3.05) is 5.32 Å². The summed E-state index contributed by atoms with van der Waals surface area (Å²) in [5.74, 6) is 0. The van der Waals surface area contributed by atoms with Crippen LogP contribution in [0.5, 0.6) is 0 Å². The van der Waals surface area contributed by atoms with Crippen molar-refractivity contribution in [2.45, 2.75) is 77.2 Å². The molecule has 0 bridgehead atoms. The molecule has 0 amide bonds. The van der Waals surface area contributed by atoms with Gasteiger partial charge in [0.2, 0.25) is 0 Å². The molecule has 1 spiro atoms. The van der Waals surface area contributed by atoms with Gasteiger partial charge in [0.15, 0.2) is 0 Å². The van der Waals surface area contributed by atoms with Gasteiger partial charge in [0.1, 0.15) is 0 Å². The Morgan fingerprint density at radius 3 is 2.25 bits per heavy atom. The van der Waals surface area contributed by atoms with E-state index in [1.165, 1.54) is 75.5 Å². The zero-order valence-electron chi connectivity index (χ0n) is 13.0. The van der Waals surface area contributed by atoms with E-state index in [-0.39, 0.29) is 0 Å². The monoisotopic (exact) mass is 271 g/mol. The van der Waals surface area contributed by atoms with Crippen molar-refractivity contribution >= 4 is 5.69 Å². The molecule has 110 valence electrons. The maximum Gasteiger partial charge on any atom is 0.0342 e. The molecule has 0 aromatic heterocycles. The first-order chi connectivity index (χ1) is 9.80. The highest BCUT2D eigenvalue weighted by Crippen LogP contribution is 2.49. The van der Waals surface area contributed by atoms with Gasteiger partial charge in [-0.1, -0.05) is 38.3 Å². The summed E-state index contributed by atoms with van der Waals surface area (Å²) in [4.78, 5) is 0. The fourth-order valence-electron chi connectivity index (χ4n) is 4.29. The van der Waals surface area contributed by atoms with Crippen molar-refractivity contribution in [3.63, 3.8) is 0 Å². The second kappa shape index (κ2) is 6.20. The molecule has 0 saturated heterocycles. The maximum absolute atomic E-state index is 3.76. The van der Waals surface area contributed by atoms with Crippen LogP contribution >= 0.6 is 0 Å². The molecule has 3 rings (SSSR count). The van der Waals surface area contributed by atoms with Crippen LogP contribution in [0.15, 0.2) is 24.3 Å². The van der Waals surface area contributed by atoms with Crippen LogP contribution in [0, 0.1) is 5.41 Å². The van der Waals surface area contributed by atoms with Crippen LogP contribution in [0.3, 0.4) is 0 Å². The molecule has 2 aliphatic carbocycles. The molecule has 0 aliphatic heterocycles. The fraction of sp³-hybridized carbons (Fsp3) is 0.684. The summed E-state index contributed by atoms with van der Waals surface area (Å²) in [6, 6.07) is 9.81. The Balaban J connectivity index is 1.51. The molecule has 2 saturated carbocycles. The Kier molecular flexibility index (Phi) is 4.33. The van der Waals surface area contributed by atoms with Crippen LogP contribution in [0.4, 0.5) is 5.69 Å². The quantitative estimate of drug-likeness (QED) is 0.756. The summed E-state index contributed by atoms with van der Waals surface area (Å²) < 4.78 is 0. The molecule has 0 radical (unpaired) electrons. The highest BCUT2D eigenvalue weighted by Gasteiger charge is 2.37. The summed E-state index contributed by atoms with van der Waals surface area (Å²) in [6.07, 6.45) is 14.1. The number of aryl methyl sites for hydroxylation is 1. The predicted octanol–water partition coefficient (Wildman–Crippen LogP) is 5.55. The van der Waals surface area contributed by atoms with Gasteiger partial charge >= 0.3 is 0 Å². The molecule has 0 atom stereocenters. The summed E-state index contributed by atoms with van der Waals surface area (Å²) in [6.45, 7) is 2.24. The van der Waals surface area contributed by atoms with E-state index in [1.807, 2.05) is 0 Å². The highest BCUT2D eigenvalue weighted by molar-refractivity contribution is 5.45. The Bertz CT molecular complexity index is 404. The lowest BCUT2D eigenvalue weighted by Gasteiger charge is -2.37. The van der Waals surface area contributed by atoms with Crippen LogP contribution in [-0.2, 0) is 6.42 Å². The average molecular weight is 271 g/mol. The van der Waals surface area contributed by atoms with Gasteiger partial charge in [-0.3, -0.25) is 0 Å². The first-order valence-corrected chi connectivity index (χ1v) is 8.65. The van der Waals surface area contributed by atoms with E-state index in [9.17, 15) is 0 Å². The Hall–Kier alpha value is -0.980. The van der Waals surface area contributed by atoms with E-state index in [0.717, 1.165) is 5.41 Å². The van der Waals surface area contributed by atoms with E-state index < -0.39 is 0 Å². The third-order valence-electron chi connectivity index (χ3n) is 5.57. The van der Waals surface area contributed by atoms with Crippen molar-refractivity contribution in [3.05, 3.63) is 29.8 Å². The van der Waals surface area contributed by atoms with E-state index >= 15 is 0 Å². The molecule has 1 heteroatoms. The van der Waals surface area contributed by atoms with E-state index in [1.54, 1.807) is 0 Å². The topological polar surface area (TPSA) is 12.0 Å². The Morgan fingerprint density at radius 1 is 1.00 bits per heavy atom. The Morgan fingerprint density at radius 2 is 1.65 bits per heavy atom. The van der Waals surface area contributed by atoms with Crippen LogP contribution in [-0.4, -0.2) is 6.04 Å². The lowest BCUT2D eigenvalue weighted by molar-refractivity contribution is 0.188. The molecule has 1 aromatic carbocycles. The first kappa shape index (κ1) is 14.0. The molecule has 1 N–H and O–H groups in total. The lowest BCUT2D eigenvalue weighted by atomic mass is 9.71. The van der Waals surface area contributed by atoms with E-state index in [2.05, 4.69) is 36.5 Å². The van der Waals surface area contributed by atoms with Gasteiger partial charge in [-0.25, -0.2) is 0 Å². The van der Waals surface area contributed by atoms with Crippen LogP contribution in [0.25, 0.3) is 0 Å². The molecule has 2 aliphatic rings. The average Bonchev–Trinajstić information content (AvgIpc) is 2.93. The van der Waals surface area contributed by atoms with Crippen molar-refractivity contribution in [2.24, 2.45) is 5.41 Å². The molecular formula is C19H29N. The minimum Gasteiger partial charge on any atom is -0.382 e. The molecule has 1 aromatic rings. The first-order valence-electron chi connectivity index (χ1n) is 8.65. The third kappa shape index (κ3) is 3.19. The van der Waals surface area contributed by atoms with Crippen molar-refractivity contribution < 1.29 is 0 Å². The molecule has 20 heavy (non-hydrogen) atoms. The van der Waals surface area contributed by atoms with Gasteiger partial charge in [-0.05, 0) is 68.1 Å². The molecular weight excluding hydrogens is 242 g/mol. The zero-order valence-corrected chi connectivity index (χ0v) is 13.0. The normalized spacial score (nSPS) is 22.2. The highest BCUT2D eigenvalue weighted by atomic mass is 14.9. The summed E-state index contributed by atoms with van der Waals surface area (Å²) in [7, 11) is 0. The number of hydrogen-bond acceptors (Lipinski definition) is 1. The largest absolute Gasteiger partial charge is 0.382 e. The second-order valence-electron chi connectivity index (χ2n) is 7.07. The van der Waals surface area contributed by atoms with Gasteiger partial charge in [-0.2, -0.15) is 0 Å². The van der Waals surface area contributed by atoms with Gasteiger partial charge in [0.05, 0.1) is 0 Å². The fourth-order valence-corrected chi connectivity index (χ4v) is 4.29. The summed E-state index contributed by atoms with van der Waals surface area (Å²) in [5, 5.41) is 3.76. The predicted molar refractivity (Wildman–Crippen MR) is 87.2 cm³/mol. The lowest BCUT2D eigenvalue weighted by Crippen LogP contribution is -2.31. The number of nitrogens with one attached hydrogen (secondary N) is 1. The van der Waals surface area contributed by atoms with E-state index in [4.69, 9.17) is 0 Å². The van der Waals surface area contributed by atoms with Crippen LogP contribution in [0.1, 0.15) is 70.3 Å². The van der Waals surface area contributed by atoms with Crippen LogP contribution in [0.2, 0.25) is 0 Å². The minimum atomic E-state index is 0.707. The molecule has 1 nitrogen and oxygen atoms in total. The molecule has 0 heterocycles. The number of hydrogen-bond donors (Lipinski definition) is 1. The number of anilines is 1. The minimum absolute atomic E-state index is 0.707. The zero-order chi connectivity index (χ0) is 13.8. The summed E-state index contributed by atoms with van der Waals surface area (Å²) in [5.41, 5.74) is 3.53. The van der Waals surface area contributed by atoms with Gasteiger partial charge in [0.25, 0.3) is 0 Å². The van der Waals surface area contributed by atoms with Crippen molar-refractivity contribution in [1.29, 1.82) is 0 Å². The second-order valence-corrected chi connectivity index (χ2v) is 7.07. The van der Waals surface area contributed by atoms with Crippen molar-refractivity contribution in [1.82, 2.24) is 0 Å². The standard InChI is InChI=1S/C19H29N/c1-2-5-16-6-8-17(9-7-16)20-18-10-14-19(15-11-18)12-3-4-13-19/h6-9,18,20H,2-5,10-15H2,1H3. The molecule has 0 unspecified atom stereocenters. The Labute approximate surface area is 124 Å². The third-order valence-corrected chi connectivity index (χ3v) is 5.57. The SMILES string of the molecule is CCCc1ccc(NC2CCC3(CCCC3)CC2)cc1. The number of rotatable bonds is 4. The maximum atomic E-state index is 3.76.